The van der Waals surface area contributed by atoms with Crippen molar-refractivity contribution < 1.29 is 13.3 Å². The van der Waals surface area contributed by atoms with Crippen molar-refractivity contribution in [2.24, 2.45) is 0 Å². The van der Waals surface area contributed by atoms with E-state index in [1.807, 2.05) is 42.5 Å². The molecule has 6 nitrogen and oxygen atoms in total. The summed E-state index contributed by atoms with van der Waals surface area (Å²) in [6.45, 7) is 1.54. The van der Waals surface area contributed by atoms with Crippen LogP contribution >= 0.6 is 0 Å². The summed E-state index contributed by atoms with van der Waals surface area (Å²) < 4.78 is 28.4. The number of hydrogen-bond donors (Lipinski definition) is 1. The fourth-order valence-corrected chi connectivity index (χ4v) is 4.42. The largest absolute Gasteiger partial charge is 0.290 e. The SMILES string of the molecule is Cc1cccc([N+](=O)[O-])c1S(=O)(=O)Nc1ccccc1Cc1ccccc1. The maximum atomic E-state index is 12.9. The summed E-state index contributed by atoms with van der Waals surface area (Å²) in [5.74, 6) is 0. The summed E-state index contributed by atoms with van der Waals surface area (Å²) in [7, 11) is -4.13. The Morgan fingerprint density at radius 1 is 0.926 bits per heavy atom. The number of sulfonamides is 1. The molecule has 0 atom stereocenters. The molecule has 0 bridgehead atoms. The second kappa shape index (κ2) is 7.59. The number of hydrogen-bond acceptors (Lipinski definition) is 4. The zero-order chi connectivity index (χ0) is 19.4. The molecule has 0 heterocycles. The lowest BCUT2D eigenvalue weighted by Crippen LogP contribution is -2.17. The lowest BCUT2D eigenvalue weighted by Gasteiger charge is -2.14. The highest BCUT2D eigenvalue weighted by Crippen LogP contribution is 2.30. The van der Waals surface area contributed by atoms with Crippen molar-refractivity contribution in [2.75, 3.05) is 4.72 Å². The average Bonchev–Trinajstić information content (AvgIpc) is 2.63. The van der Waals surface area contributed by atoms with Crippen LogP contribution in [0.1, 0.15) is 16.7 Å². The van der Waals surface area contributed by atoms with Gasteiger partial charge in [-0.3, -0.25) is 14.8 Å². The number of nitrogens with zero attached hydrogens (tertiary/aromatic N) is 1. The Labute approximate surface area is 157 Å². The summed E-state index contributed by atoms with van der Waals surface area (Å²) in [6.07, 6.45) is 0.537. The number of anilines is 1. The highest BCUT2D eigenvalue weighted by molar-refractivity contribution is 7.93. The number of nitro benzene ring substituents is 1. The van der Waals surface area contributed by atoms with Crippen molar-refractivity contribution >= 4 is 21.4 Å². The summed E-state index contributed by atoms with van der Waals surface area (Å²) in [4.78, 5) is 10.3. The van der Waals surface area contributed by atoms with E-state index in [0.29, 0.717) is 17.7 Å². The Kier molecular flexibility index (Phi) is 5.23. The summed E-state index contributed by atoms with van der Waals surface area (Å²) >= 11 is 0. The lowest BCUT2D eigenvalue weighted by atomic mass is 10.0. The van der Waals surface area contributed by atoms with Gasteiger partial charge in [0, 0.05) is 6.07 Å². The van der Waals surface area contributed by atoms with Crippen LogP contribution < -0.4 is 4.72 Å². The maximum absolute atomic E-state index is 12.9. The van der Waals surface area contributed by atoms with Gasteiger partial charge in [0.25, 0.3) is 15.7 Å². The molecule has 0 aliphatic rings. The molecule has 0 aliphatic heterocycles. The first-order valence-electron chi connectivity index (χ1n) is 8.27. The first-order valence-corrected chi connectivity index (χ1v) is 9.75. The molecule has 3 rings (SSSR count). The molecule has 0 saturated carbocycles. The van der Waals surface area contributed by atoms with Gasteiger partial charge in [0.05, 0.1) is 10.6 Å². The summed E-state index contributed by atoms with van der Waals surface area (Å²) in [5, 5.41) is 11.3. The first kappa shape index (κ1) is 18.6. The predicted molar refractivity (Wildman–Crippen MR) is 104 cm³/mol. The van der Waals surface area contributed by atoms with E-state index in [1.54, 1.807) is 12.1 Å². The van der Waals surface area contributed by atoms with Gasteiger partial charge in [-0.2, -0.15) is 0 Å². The third kappa shape index (κ3) is 4.15. The van der Waals surface area contributed by atoms with E-state index in [9.17, 15) is 18.5 Å². The smallest absolute Gasteiger partial charge is 0.279 e. The molecule has 0 radical (unpaired) electrons. The highest BCUT2D eigenvalue weighted by Gasteiger charge is 2.28. The molecule has 27 heavy (non-hydrogen) atoms. The Balaban J connectivity index is 2.00. The Hall–Kier alpha value is -3.19. The van der Waals surface area contributed by atoms with Gasteiger partial charge in [0.2, 0.25) is 0 Å². The summed E-state index contributed by atoms with van der Waals surface area (Å²) in [6, 6.07) is 20.9. The molecule has 3 aromatic carbocycles. The topological polar surface area (TPSA) is 89.3 Å². The Morgan fingerprint density at radius 3 is 2.30 bits per heavy atom. The molecule has 138 valence electrons. The number of rotatable bonds is 6. The molecule has 0 unspecified atom stereocenters. The van der Waals surface area contributed by atoms with Crippen LogP contribution in [0.3, 0.4) is 0 Å². The highest BCUT2D eigenvalue weighted by atomic mass is 32.2. The molecule has 7 heteroatoms. The van der Waals surface area contributed by atoms with Crippen LogP contribution in [0.2, 0.25) is 0 Å². The lowest BCUT2D eigenvalue weighted by molar-refractivity contribution is -0.387. The molecule has 0 amide bonds. The maximum Gasteiger partial charge on any atom is 0.290 e. The standard InChI is InChI=1S/C20H18N2O4S/c1-15-8-7-13-19(22(23)24)20(15)27(25,26)21-18-12-6-5-11-17(18)14-16-9-3-2-4-10-16/h2-13,21H,14H2,1H3. The van der Waals surface area contributed by atoms with Crippen LogP contribution in [-0.2, 0) is 16.4 Å². The molecule has 3 aromatic rings. The van der Waals surface area contributed by atoms with E-state index in [-0.39, 0.29) is 4.90 Å². The average molecular weight is 382 g/mol. The van der Waals surface area contributed by atoms with Crippen molar-refractivity contribution in [3.63, 3.8) is 0 Å². The zero-order valence-corrected chi connectivity index (χ0v) is 15.4. The summed E-state index contributed by atoms with van der Waals surface area (Å²) in [5.41, 5.74) is 2.09. The number of benzene rings is 3. The first-order chi connectivity index (χ1) is 12.9. The molecule has 0 aromatic heterocycles. The normalized spacial score (nSPS) is 11.1. The van der Waals surface area contributed by atoms with E-state index in [1.165, 1.54) is 25.1 Å². The van der Waals surface area contributed by atoms with Crippen molar-refractivity contribution in [1.82, 2.24) is 0 Å². The van der Waals surface area contributed by atoms with Crippen LogP contribution in [0.5, 0.6) is 0 Å². The molecule has 0 aliphatic carbocycles. The number of nitro groups is 1. The van der Waals surface area contributed by atoms with Crippen LogP contribution in [0.15, 0.2) is 77.7 Å². The van der Waals surface area contributed by atoms with E-state index < -0.39 is 20.6 Å². The van der Waals surface area contributed by atoms with Crippen molar-refractivity contribution in [3.8, 4) is 0 Å². The number of aryl methyl sites for hydroxylation is 1. The minimum absolute atomic E-state index is 0.315. The second-order valence-electron chi connectivity index (χ2n) is 6.11. The van der Waals surface area contributed by atoms with Gasteiger partial charge in [-0.25, -0.2) is 8.42 Å². The zero-order valence-electron chi connectivity index (χ0n) is 14.6. The molecule has 1 N–H and O–H groups in total. The van der Waals surface area contributed by atoms with Gasteiger partial charge in [0.15, 0.2) is 4.90 Å². The van der Waals surface area contributed by atoms with Crippen LogP contribution in [0.25, 0.3) is 0 Å². The van der Waals surface area contributed by atoms with Crippen LogP contribution in [-0.4, -0.2) is 13.3 Å². The number of nitrogens with one attached hydrogen (secondary N) is 1. The Bertz CT molecular complexity index is 1080. The fraction of sp³-hybridized carbons (Fsp3) is 0.100. The van der Waals surface area contributed by atoms with Crippen LogP contribution in [0, 0.1) is 17.0 Å². The van der Waals surface area contributed by atoms with Crippen molar-refractivity contribution in [1.29, 1.82) is 0 Å². The van der Waals surface area contributed by atoms with Crippen molar-refractivity contribution in [2.45, 2.75) is 18.2 Å². The van der Waals surface area contributed by atoms with E-state index in [4.69, 9.17) is 0 Å². The van der Waals surface area contributed by atoms with Gasteiger partial charge in [-0.15, -0.1) is 0 Å². The van der Waals surface area contributed by atoms with Gasteiger partial charge in [-0.05, 0) is 36.1 Å². The van der Waals surface area contributed by atoms with E-state index >= 15 is 0 Å². The Morgan fingerprint density at radius 2 is 1.59 bits per heavy atom. The van der Waals surface area contributed by atoms with E-state index in [0.717, 1.165) is 11.1 Å². The minimum atomic E-state index is -4.13. The quantitative estimate of drug-likeness (QED) is 0.508. The third-order valence-corrected chi connectivity index (χ3v) is 5.71. The molecule has 0 fully saturated rings. The third-order valence-electron chi connectivity index (χ3n) is 4.16. The molecule has 0 saturated heterocycles. The molecular formula is C20H18N2O4S. The van der Waals surface area contributed by atoms with Gasteiger partial charge >= 0.3 is 0 Å². The monoisotopic (exact) mass is 382 g/mol. The van der Waals surface area contributed by atoms with Gasteiger partial charge < -0.3 is 0 Å². The van der Waals surface area contributed by atoms with Gasteiger partial charge in [0.1, 0.15) is 0 Å². The predicted octanol–water partition coefficient (Wildman–Crippen LogP) is 4.29. The van der Waals surface area contributed by atoms with Crippen LogP contribution in [0.4, 0.5) is 11.4 Å². The number of para-hydroxylation sites is 1. The molecular weight excluding hydrogens is 364 g/mol. The van der Waals surface area contributed by atoms with Gasteiger partial charge in [-0.1, -0.05) is 60.7 Å². The second-order valence-corrected chi connectivity index (χ2v) is 7.72. The van der Waals surface area contributed by atoms with Crippen molar-refractivity contribution in [3.05, 3.63) is 99.6 Å². The fourth-order valence-electron chi connectivity index (χ4n) is 2.92. The molecule has 0 spiro atoms. The van der Waals surface area contributed by atoms with E-state index in [2.05, 4.69) is 4.72 Å². The minimum Gasteiger partial charge on any atom is -0.279 e.